The standard InChI is InChI=1S/C22H22N2O4/c1-15-11-24(14-20(28-15)22(26)27)21(25)18-13-23(12-16-7-3-2-4-8-16)19-10-6-5-9-17(18)19/h2-10,13,15,20H,11-12,14H2,1H3,(H,26,27)/t15-,20?/m1/s1. The molecule has 144 valence electrons. The number of hydrogen-bond donors (Lipinski definition) is 1. The number of nitrogens with zero attached hydrogens (tertiary/aromatic N) is 2. The van der Waals surface area contributed by atoms with E-state index in [2.05, 4.69) is 16.7 Å². The van der Waals surface area contributed by atoms with Crippen LogP contribution in [0.15, 0.2) is 60.8 Å². The van der Waals surface area contributed by atoms with Crippen LogP contribution < -0.4 is 0 Å². The molecule has 1 amide bonds. The van der Waals surface area contributed by atoms with Gasteiger partial charge in [-0.05, 0) is 18.6 Å². The molecule has 0 spiro atoms. The molecule has 2 atom stereocenters. The highest BCUT2D eigenvalue weighted by atomic mass is 16.5. The maximum Gasteiger partial charge on any atom is 0.334 e. The first kappa shape index (κ1) is 18.3. The molecule has 0 radical (unpaired) electrons. The van der Waals surface area contributed by atoms with E-state index in [0.717, 1.165) is 16.5 Å². The lowest BCUT2D eigenvalue weighted by atomic mass is 10.1. The van der Waals surface area contributed by atoms with E-state index < -0.39 is 12.1 Å². The lowest BCUT2D eigenvalue weighted by Gasteiger charge is -2.34. The Kier molecular flexibility index (Phi) is 4.88. The van der Waals surface area contributed by atoms with E-state index in [9.17, 15) is 14.7 Å². The van der Waals surface area contributed by atoms with Crippen LogP contribution in [-0.4, -0.2) is 51.7 Å². The fourth-order valence-corrected chi connectivity index (χ4v) is 3.75. The number of fused-ring (bicyclic) bond motifs is 1. The second-order valence-electron chi connectivity index (χ2n) is 7.16. The van der Waals surface area contributed by atoms with Gasteiger partial charge in [-0.25, -0.2) is 4.79 Å². The summed E-state index contributed by atoms with van der Waals surface area (Å²) in [6, 6.07) is 17.9. The minimum absolute atomic E-state index is 0.0523. The molecule has 3 aromatic rings. The average molecular weight is 378 g/mol. The van der Waals surface area contributed by atoms with E-state index in [-0.39, 0.29) is 18.6 Å². The number of aromatic nitrogens is 1. The third kappa shape index (κ3) is 3.51. The summed E-state index contributed by atoms with van der Waals surface area (Å²) in [5.74, 6) is -1.21. The van der Waals surface area contributed by atoms with Gasteiger partial charge in [0.05, 0.1) is 18.2 Å². The van der Waals surface area contributed by atoms with E-state index in [4.69, 9.17) is 4.74 Å². The van der Waals surface area contributed by atoms with Crippen molar-refractivity contribution in [2.75, 3.05) is 13.1 Å². The van der Waals surface area contributed by atoms with Gasteiger partial charge in [-0.15, -0.1) is 0 Å². The molecule has 1 unspecified atom stereocenters. The van der Waals surface area contributed by atoms with Crippen LogP contribution in [0.1, 0.15) is 22.8 Å². The zero-order valence-corrected chi connectivity index (χ0v) is 15.6. The fourth-order valence-electron chi connectivity index (χ4n) is 3.75. The average Bonchev–Trinajstić information content (AvgIpc) is 3.06. The number of carbonyl (C=O) groups excluding carboxylic acids is 1. The van der Waals surface area contributed by atoms with E-state index in [0.29, 0.717) is 18.7 Å². The lowest BCUT2D eigenvalue weighted by Crippen LogP contribution is -2.51. The van der Waals surface area contributed by atoms with Crippen LogP contribution in [0.3, 0.4) is 0 Å². The summed E-state index contributed by atoms with van der Waals surface area (Å²) in [4.78, 5) is 26.2. The first-order valence-corrected chi connectivity index (χ1v) is 9.32. The molecule has 0 aliphatic carbocycles. The molecule has 1 aromatic heterocycles. The molecule has 6 nitrogen and oxygen atoms in total. The van der Waals surface area contributed by atoms with Crippen molar-refractivity contribution in [2.24, 2.45) is 0 Å². The molecule has 4 rings (SSSR count). The van der Waals surface area contributed by atoms with Crippen molar-refractivity contribution in [1.29, 1.82) is 0 Å². The summed E-state index contributed by atoms with van der Waals surface area (Å²) in [7, 11) is 0. The minimum atomic E-state index is -1.05. The molecule has 0 saturated carbocycles. The maximum absolute atomic E-state index is 13.3. The molecule has 28 heavy (non-hydrogen) atoms. The Hall–Kier alpha value is -3.12. The molecular formula is C22H22N2O4. The smallest absolute Gasteiger partial charge is 0.334 e. The summed E-state index contributed by atoms with van der Waals surface area (Å²) in [5, 5.41) is 10.2. The second kappa shape index (κ2) is 7.48. The van der Waals surface area contributed by atoms with Crippen molar-refractivity contribution in [3.63, 3.8) is 0 Å². The SMILES string of the molecule is C[C@@H]1CN(C(=O)c2cn(Cc3ccccc3)c3ccccc23)CC(C(=O)O)O1. The summed E-state index contributed by atoms with van der Waals surface area (Å²) < 4.78 is 7.50. The number of hydrogen-bond acceptors (Lipinski definition) is 3. The topological polar surface area (TPSA) is 71.8 Å². The Morgan fingerprint density at radius 1 is 1.07 bits per heavy atom. The summed E-state index contributed by atoms with van der Waals surface area (Å²) in [6.07, 6.45) is 0.553. The monoisotopic (exact) mass is 378 g/mol. The highest BCUT2D eigenvalue weighted by molar-refractivity contribution is 6.07. The Morgan fingerprint density at radius 3 is 2.54 bits per heavy atom. The minimum Gasteiger partial charge on any atom is -0.479 e. The number of ether oxygens (including phenoxy) is 1. The number of aliphatic carboxylic acids is 1. The zero-order chi connectivity index (χ0) is 19.7. The van der Waals surface area contributed by atoms with Gasteiger partial charge in [0.2, 0.25) is 0 Å². The number of carboxylic acid groups (broad SMARTS) is 1. The third-order valence-corrected chi connectivity index (χ3v) is 5.04. The predicted molar refractivity (Wildman–Crippen MR) is 105 cm³/mol. The summed E-state index contributed by atoms with van der Waals surface area (Å²) in [5.41, 5.74) is 2.71. The third-order valence-electron chi connectivity index (χ3n) is 5.04. The van der Waals surface area contributed by atoms with E-state index in [1.807, 2.05) is 48.7 Å². The van der Waals surface area contributed by atoms with Crippen LogP contribution >= 0.6 is 0 Å². The molecular weight excluding hydrogens is 356 g/mol. The fraction of sp³-hybridized carbons (Fsp3) is 0.273. The van der Waals surface area contributed by atoms with E-state index >= 15 is 0 Å². The van der Waals surface area contributed by atoms with Crippen LogP contribution in [0, 0.1) is 0 Å². The molecule has 6 heteroatoms. The normalized spacial score (nSPS) is 19.7. The van der Waals surface area contributed by atoms with Gasteiger partial charge in [0, 0.05) is 30.2 Å². The highest BCUT2D eigenvalue weighted by Gasteiger charge is 2.33. The molecule has 1 saturated heterocycles. The maximum atomic E-state index is 13.3. The van der Waals surface area contributed by atoms with Crippen molar-refractivity contribution in [1.82, 2.24) is 9.47 Å². The van der Waals surface area contributed by atoms with E-state index in [1.54, 1.807) is 11.8 Å². The van der Waals surface area contributed by atoms with Gasteiger partial charge in [0.1, 0.15) is 0 Å². The number of carboxylic acids is 1. The van der Waals surface area contributed by atoms with Crippen LogP contribution in [0.25, 0.3) is 10.9 Å². The van der Waals surface area contributed by atoms with Crippen molar-refractivity contribution in [3.05, 3.63) is 71.9 Å². The first-order valence-electron chi connectivity index (χ1n) is 9.32. The number of rotatable bonds is 4. The van der Waals surface area contributed by atoms with Crippen LogP contribution in [0.4, 0.5) is 0 Å². The largest absolute Gasteiger partial charge is 0.479 e. The van der Waals surface area contributed by atoms with Gasteiger partial charge >= 0.3 is 5.97 Å². The molecule has 1 aliphatic heterocycles. The van der Waals surface area contributed by atoms with Gasteiger partial charge < -0.3 is 19.3 Å². The van der Waals surface area contributed by atoms with Crippen LogP contribution in [-0.2, 0) is 16.1 Å². The molecule has 1 N–H and O–H groups in total. The van der Waals surface area contributed by atoms with Crippen molar-refractivity contribution in [3.8, 4) is 0 Å². The number of benzene rings is 2. The van der Waals surface area contributed by atoms with Gasteiger partial charge in [0.15, 0.2) is 6.10 Å². The number of morpholine rings is 1. The number of para-hydroxylation sites is 1. The number of carbonyl (C=O) groups is 2. The molecule has 1 aliphatic rings. The Labute approximate surface area is 162 Å². The molecule has 2 aromatic carbocycles. The van der Waals surface area contributed by atoms with Gasteiger partial charge in [-0.3, -0.25) is 4.79 Å². The van der Waals surface area contributed by atoms with Crippen molar-refractivity contribution < 1.29 is 19.4 Å². The van der Waals surface area contributed by atoms with Gasteiger partial charge in [-0.2, -0.15) is 0 Å². The molecule has 0 bridgehead atoms. The second-order valence-corrected chi connectivity index (χ2v) is 7.16. The van der Waals surface area contributed by atoms with Crippen LogP contribution in [0.2, 0.25) is 0 Å². The van der Waals surface area contributed by atoms with Crippen molar-refractivity contribution in [2.45, 2.75) is 25.7 Å². The summed E-state index contributed by atoms with van der Waals surface area (Å²) in [6.45, 7) is 2.87. The number of amides is 1. The zero-order valence-electron chi connectivity index (χ0n) is 15.6. The van der Waals surface area contributed by atoms with E-state index in [1.165, 1.54) is 0 Å². The quantitative estimate of drug-likeness (QED) is 0.758. The summed E-state index contributed by atoms with van der Waals surface area (Å²) >= 11 is 0. The molecule has 2 heterocycles. The van der Waals surface area contributed by atoms with Crippen LogP contribution in [0.5, 0.6) is 0 Å². The Balaban J connectivity index is 1.68. The molecule has 1 fully saturated rings. The lowest BCUT2D eigenvalue weighted by molar-refractivity contribution is -0.160. The highest BCUT2D eigenvalue weighted by Crippen LogP contribution is 2.25. The van der Waals surface area contributed by atoms with Gasteiger partial charge in [-0.1, -0.05) is 48.5 Å². The Morgan fingerprint density at radius 2 is 1.79 bits per heavy atom. The van der Waals surface area contributed by atoms with Gasteiger partial charge in [0.25, 0.3) is 5.91 Å². The first-order chi connectivity index (χ1) is 13.5. The van der Waals surface area contributed by atoms with Crippen molar-refractivity contribution >= 4 is 22.8 Å². The predicted octanol–water partition coefficient (Wildman–Crippen LogP) is 3.00. The Bertz CT molecular complexity index is 1010.